The molecule has 0 aromatic heterocycles. The van der Waals surface area contributed by atoms with Crippen LogP contribution >= 0.6 is 11.8 Å². The number of benzene rings is 5. The normalized spacial score (nSPS) is 11.0. The van der Waals surface area contributed by atoms with Crippen molar-refractivity contribution in [1.29, 1.82) is 0 Å². The van der Waals surface area contributed by atoms with Crippen molar-refractivity contribution in [2.24, 2.45) is 0 Å². The lowest BCUT2D eigenvalue weighted by molar-refractivity contribution is 0.103. The molecule has 0 saturated heterocycles. The molecule has 0 aliphatic rings. The highest BCUT2D eigenvalue weighted by molar-refractivity contribution is 7.99. The summed E-state index contributed by atoms with van der Waals surface area (Å²) in [5, 5.41) is 0. The van der Waals surface area contributed by atoms with E-state index in [4.69, 9.17) is 4.74 Å². The van der Waals surface area contributed by atoms with E-state index in [1.54, 1.807) is 48.5 Å². The highest BCUT2D eigenvalue weighted by Crippen LogP contribution is 2.37. The van der Waals surface area contributed by atoms with E-state index in [1.165, 1.54) is 55.3 Å². The minimum absolute atomic E-state index is 0.156. The molecule has 0 aliphatic heterocycles. The van der Waals surface area contributed by atoms with Gasteiger partial charge in [-0.3, -0.25) is 4.79 Å². The Bertz CT molecular complexity index is 1540. The van der Waals surface area contributed by atoms with E-state index < -0.39 is 16.7 Å². The standard InChI is InChI=1S/C32H22F3O2S2/c1-37-30-20-31(29(35)19-28(30)32(36)21-5-3-2-4-6-21)38-24-11-17-27(18-12-24)39(25-13-7-22(33)8-14-25)26-15-9-23(34)10-16-26/h2-20H,1H3/q+1. The number of ketones is 1. The molecule has 5 aromatic rings. The maximum atomic E-state index is 15.2. The van der Waals surface area contributed by atoms with E-state index in [-0.39, 0.29) is 23.0 Å². The van der Waals surface area contributed by atoms with Gasteiger partial charge in [-0.1, -0.05) is 42.1 Å². The van der Waals surface area contributed by atoms with Gasteiger partial charge in [0.25, 0.3) is 0 Å². The van der Waals surface area contributed by atoms with Crippen LogP contribution in [0.2, 0.25) is 0 Å². The smallest absolute Gasteiger partial charge is 0.196 e. The molecule has 0 atom stereocenters. The third-order valence-electron chi connectivity index (χ3n) is 5.92. The van der Waals surface area contributed by atoms with Crippen LogP contribution in [-0.4, -0.2) is 12.9 Å². The van der Waals surface area contributed by atoms with Crippen molar-refractivity contribution in [3.05, 3.63) is 144 Å². The minimum atomic E-state index is -0.596. The summed E-state index contributed by atoms with van der Waals surface area (Å²) in [7, 11) is 0.852. The van der Waals surface area contributed by atoms with Crippen molar-refractivity contribution in [2.75, 3.05) is 7.11 Å². The zero-order valence-corrected chi connectivity index (χ0v) is 22.4. The Morgan fingerprint density at radius 1 is 0.692 bits per heavy atom. The van der Waals surface area contributed by atoms with E-state index >= 15 is 4.39 Å². The molecule has 5 rings (SSSR count). The summed E-state index contributed by atoms with van der Waals surface area (Å²) in [6.07, 6.45) is 0. The summed E-state index contributed by atoms with van der Waals surface area (Å²) in [6, 6.07) is 31.6. The Labute approximate surface area is 231 Å². The van der Waals surface area contributed by atoms with Gasteiger partial charge in [0.15, 0.2) is 20.5 Å². The Kier molecular flexibility index (Phi) is 8.10. The van der Waals surface area contributed by atoms with E-state index in [0.717, 1.165) is 19.6 Å². The number of carbonyl (C=O) groups is 1. The molecule has 0 aliphatic carbocycles. The highest BCUT2D eigenvalue weighted by Gasteiger charge is 2.29. The number of ether oxygens (including phenoxy) is 1. The summed E-state index contributed by atoms with van der Waals surface area (Å²) in [5.41, 5.74) is 0.604. The lowest BCUT2D eigenvalue weighted by Crippen LogP contribution is -2.05. The molecule has 0 spiro atoms. The van der Waals surface area contributed by atoms with Crippen LogP contribution in [0.25, 0.3) is 0 Å². The summed E-state index contributed by atoms with van der Waals surface area (Å²) >= 11 is 1.21. The summed E-state index contributed by atoms with van der Waals surface area (Å²) in [4.78, 5) is 16.7. The molecule has 0 radical (unpaired) electrons. The van der Waals surface area contributed by atoms with Crippen molar-refractivity contribution in [3.63, 3.8) is 0 Å². The van der Waals surface area contributed by atoms with Gasteiger partial charge in [0.05, 0.1) is 28.5 Å². The van der Waals surface area contributed by atoms with Crippen LogP contribution in [0, 0.1) is 17.5 Å². The van der Waals surface area contributed by atoms with Crippen molar-refractivity contribution in [3.8, 4) is 5.75 Å². The molecule has 0 bridgehead atoms. The second-order valence-electron chi connectivity index (χ2n) is 8.47. The summed E-state index contributed by atoms with van der Waals surface area (Å²) < 4.78 is 47.8. The van der Waals surface area contributed by atoms with Gasteiger partial charge in [-0.05, 0) is 84.9 Å². The third-order valence-corrected chi connectivity index (χ3v) is 9.19. The van der Waals surface area contributed by atoms with Crippen molar-refractivity contribution in [1.82, 2.24) is 0 Å². The van der Waals surface area contributed by atoms with Gasteiger partial charge in [0.2, 0.25) is 0 Å². The largest absolute Gasteiger partial charge is 0.496 e. The van der Waals surface area contributed by atoms with Gasteiger partial charge in [-0.2, -0.15) is 0 Å². The molecule has 0 heterocycles. The first-order chi connectivity index (χ1) is 18.9. The summed E-state index contributed by atoms with van der Waals surface area (Å²) in [6.45, 7) is 0. The number of hydrogen-bond donors (Lipinski definition) is 0. The van der Waals surface area contributed by atoms with Crippen LogP contribution in [0.15, 0.2) is 140 Å². The minimum Gasteiger partial charge on any atom is -0.496 e. The van der Waals surface area contributed by atoms with Crippen molar-refractivity contribution < 1.29 is 22.7 Å². The lowest BCUT2D eigenvalue weighted by Gasteiger charge is -2.12. The van der Waals surface area contributed by atoms with Gasteiger partial charge in [-0.25, -0.2) is 13.2 Å². The number of carbonyl (C=O) groups excluding carboxylic acids is 1. The van der Waals surface area contributed by atoms with Crippen LogP contribution in [0.1, 0.15) is 15.9 Å². The number of rotatable bonds is 8. The molecule has 0 amide bonds. The molecule has 0 unspecified atom stereocenters. The topological polar surface area (TPSA) is 26.3 Å². The van der Waals surface area contributed by atoms with E-state index in [2.05, 4.69) is 0 Å². The Morgan fingerprint density at radius 3 is 1.72 bits per heavy atom. The van der Waals surface area contributed by atoms with E-state index in [1.807, 2.05) is 30.3 Å². The zero-order chi connectivity index (χ0) is 27.4. The Hall–Kier alpha value is -3.94. The van der Waals surface area contributed by atoms with E-state index in [0.29, 0.717) is 16.2 Å². The fourth-order valence-electron chi connectivity index (χ4n) is 4.02. The predicted octanol–water partition coefficient (Wildman–Crippen LogP) is 8.59. The highest BCUT2D eigenvalue weighted by atomic mass is 32.2. The number of halogens is 3. The molecular weight excluding hydrogens is 537 g/mol. The summed E-state index contributed by atoms with van der Waals surface area (Å²) in [5.74, 6) is -1.22. The van der Waals surface area contributed by atoms with Gasteiger partial charge in [-0.15, -0.1) is 0 Å². The van der Waals surface area contributed by atoms with Gasteiger partial charge < -0.3 is 4.74 Å². The maximum absolute atomic E-state index is 15.2. The van der Waals surface area contributed by atoms with E-state index in [9.17, 15) is 13.6 Å². The van der Waals surface area contributed by atoms with Crippen molar-refractivity contribution >= 4 is 28.4 Å². The molecule has 0 N–H and O–H groups in total. The number of hydrogen-bond acceptors (Lipinski definition) is 3. The Balaban J connectivity index is 1.43. The molecule has 2 nitrogen and oxygen atoms in total. The monoisotopic (exact) mass is 559 g/mol. The first-order valence-corrected chi connectivity index (χ1v) is 14.0. The van der Waals surface area contributed by atoms with Gasteiger partial charge in [0, 0.05) is 10.5 Å². The zero-order valence-electron chi connectivity index (χ0n) is 20.7. The van der Waals surface area contributed by atoms with Crippen LogP contribution in [0.4, 0.5) is 13.2 Å². The average Bonchev–Trinajstić information content (AvgIpc) is 2.97. The first-order valence-electron chi connectivity index (χ1n) is 11.9. The van der Waals surface area contributed by atoms with Gasteiger partial charge >= 0.3 is 0 Å². The molecular formula is C32H22F3O2S2+. The van der Waals surface area contributed by atoms with Crippen molar-refractivity contribution in [2.45, 2.75) is 24.5 Å². The molecule has 7 heteroatoms. The number of methoxy groups -OCH3 is 1. The SMILES string of the molecule is COc1cc(Sc2ccc([S+](c3ccc(F)cc3)c3ccc(F)cc3)cc2)c(F)cc1C(=O)c1ccccc1. The second kappa shape index (κ2) is 11.8. The Morgan fingerprint density at radius 2 is 1.21 bits per heavy atom. The molecule has 0 saturated carbocycles. The maximum Gasteiger partial charge on any atom is 0.196 e. The second-order valence-corrected chi connectivity index (χ2v) is 11.6. The third kappa shape index (κ3) is 6.05. The lowest BCUT2D eigenvalue weighted by atomic mass is 10.0. The molecule has 0 fully saturated rings. The quantitative estimate of drug-likeness (QED) is 0.141. The van der Waals surface area contributed by atoms with Crippen LogP contribution in [-0.2, 0) is 10.9 Å². The first kappa shape index (κ1) is 26.7. The van der Waals surface area contributed by atoms with Crippen LogP contribution in [0.3, 0.4) is 0 Å². The fourth-order valence-corrected chi connectivity index (χ4v) is 6.91. The molecule has 194 valence electrons. The fraction of sp³-hybridized carbons (Fsp3) is 0.0312. The molecule has 5 aromatic carbocycles. The van der Waals surface area contributed by atoms with Crippen LogP contribution in [0.5, 0.6) is 5.75 Å². The molecule has 39 heavy (non-hydrogen) atoms. The van der Waals surface area contributed by atoms with Gasteiger partial charge in [0.1, 0.15) is 23.2 Å². The predicted molar refractivity (Wildman–Crippen MR) is 148 cm³/mol. The van der Waals surface area contributed by atoms with Crippen LogP contribution < -0.4 is 4.74 Å². The average molecular weight is 560 g/mol.